The van der Waals surface area contributed by atoms with E-state index in [1.54, 1.807) is 32.5 Å². The smallest absolute Gasteiger partial charge is 0.251 e. The number of aromatic nitrogens is 1. The Kier molecular flexibility index (Phi) is 6.14. The number of rotatable bonds is 7. The van der Waals surface area contributed by atoms with Crippen LogP contribution in [-0.2, 0) is 4.74 Å². The molecule has 1 unspecified atom stereocenters. The van der Waals surface area contributed by atoms with Crippen molar-refractivity contribution in [1.82, 2.24) is 10.3 Å². The molecule has 2 N–H and O–H groups in total. The molecule has 1 aromatic heterocycles. The summed E-state index contributed by atoms with van der Waals surface area (Å²) in [6.45, 7) is 2.61. The van der Waals surface area contributed by atoms with Crippen LogP contribution in [0.25, 0.3) is 0 Å². The third kappa shape index (κ3) is 4.33. The van der Waals surface area contributed by atoms with E-state index < -0.39 is 0 Å². The monoisotopic (exact) mass is 251 g/mol. The van der Waals surface area contributed by atoms with Crippen LogP contribution < -0.4 is 10.6 Å². The molecule has 1 aromatic rings. The molecule has 1 atom stereocenters. The van der Waals surface area contributed by atoms with Gasteiger partial charge in [0, 0.05) is 25.9 Å². The van der Waals surface area contributed by atoms with Crippen LogP contribution in [-0.4, -0.2) is 37.7 Å². The van der Waals surface area contributed by atoms with Gasteiger partial charge in [0.05, 0.1) is 12.6 Å². The Morgan fingerprint density at radius 1 is 1.56 bits per heavy atom. The lowest BCUT2D eigenvalue weighted by Gasteiger charge is -2.17. The van der Waals surface area contributed by atoms with Crippen LogP contribution in [0.4, 0.5) is 5.82 Å². The zero-order chi connectivity index (χ0) is 13.4. The predicted molar refractivity (Wildman–Crippen MR) is 71.8 cm³/mol. The van der Waals surface area contributed by atoms with Crippen molar-refractivity contribution in [3.05, 3.63) is 23.9 Å². The minimum Gasteiger partial charge on any atom is -0.383 e. The Morgan fingerprint density at radius 2 is 2.33 bits per heavy atom. The summed E-state index contributed by atoms with van der Waals surface area (Å²) in [4.78, 5) is 16.1. The Hall–Kier alpha value is -1.62. The van der Waals surface area contributed by atoms with Crippen molar-refractivity contribution in [2.75, 3.05) is 26.1 Å². The Bertz CT molecular complexity index is 376. The van der Waals surface area contributed by atoms with Gasteiger partial charge >= 0.3 is 0 Å². The van der Waals surface area contributed by atoms with Crippen molar-refractivity contribution < 1.29 is 9.53 Å². The number of pyridine rings is 1. The number of nitrogens with one attached hydrogen (secondary N) is 2. The third-order valence-electron chi connectivity index (χ3n) is 2.62. The lowest BCUT2D eigenvalue weighted by molar-refractivity contribution is 0.0891. The molecule has 1 heterocycles. The van der Waals surface area contributed by atoms with Crippen molar-refractivity contribution in [3.63, 3.8) is 0 Å². The Labute approximate surface area is 108 Å². The van der Waals surface area contributed by atoms with Crippen LogP contribution in [0, 0.1) is 0 Å². The highest BCUT2D eigenvalue weighted by Crippen LogP contribution is 2.07. The molecule has 5 nitrogen and oxygen atoms in total. The van der Waals surface area contributed by atoms with E-state index in [9.17, 15) is 4.79 Å². The van der Waals surface area contributed by atoms with E-state index in [1.807, 2.05) is 0 Å². The summed E-state index contributed by atoms with van der Waals surface area (Å²) in [5.74, 6) is 0.589. The van der Waals surface area contributed by atoms with Gasteiger partial charge in [0.15, 0.2) is 0 Å². The van der Waals surface area contributed by atoms with E-state index in [2.05, 4.69) is 22.5 Å². The van der Waals surface area contributed by atoms with Gasteiger partial charge in [0.2, 0.25) is 0 Å². The fraction of sp³-hybridized carbons (Fsp3) is 0.538. The van der Waals surface area contributed by atoms with Crippen LogP contribution >= 0.6 is 0 Å². The predicted octanol–water partition coefficient (Wildman–Crippen LogP) is 1.67. The maximum absolute atomic E-state index is 12.1. The normalized spacial score (nSPS) is 11.9. The molecule has 0 aliphatic carbocycles. The van der Waals surface area contributed by atoms with Gasteiger partial charge < -0.3 is 15.4 Å². The molecule has 0 fully saturated rings. The van der Waals surface area contributed by atoms with Gasteiger partial charge in [-0.1, -0.05) is 13.3 Å². The fourth-order valence-corrected chi connectivity index (χ4v) is 1.72. The summed E-state index contributed by atoms with van der Waals surface area (Å²) in [7, 11) is 3.41. The molecule has 0 aliphatic rings. The molecule has 0 bridgehead atoms. The second-order valence-electron chi connectivity index (χ2n) is 4.09. The Balaban J connectivity index is 2.67. The first kappa shape index (κ1) is 14.4. The first-order valence-electron chi connectivity index (χ1n) is 6.14. The average molecular weight is 251 g/mol. The summed E-state index contributed by atoms with van der Waals surface area (Å²) < 4.78 is 5.10. The summed E-state index contributed by atoms with van der Waals surface area (Å²) in [6, 6.07) is 3.48. The van der Waals surface area contributed by atoms with Gasteiger partial charge in [-0.15, -0.1) is 0 Å². The number of carbonyl (C=O) groups is 1. The number of nitrogens with zero attached hydrogens (tertiary/aromatic N) is 1. The van der Waals surface area contributed by atoms with Crippen LogP contribution in [0.2, 0.25) is 0 Å². The standard InChI is InChI=1S/C13H21N3O2/c1-4-5-11(9-18-3)16-13(17)10-6-7-15-12(8-10)14-2/h6-8,11H,4-5,9H2,1-3H3,(H,14,15)(H,16,17). The number of anilines is 1. The minimum absolute atomic E-state index is 0.0544. The van der Waals surface area contributed by atoms with Crippen molar-refractivity contribution in [3.8, 4) is 0 Å². The van der Waals surface area contributed by atoms with E-state index in [0.29, 0.717) is 18.0 Å². The number of methoxy groups -OCH3 is 1. The van der Waals surface area contributed by atoms with E-state index in [0.717, 1.165) is 12.8 Å². The molecular weight excluding hydrogens is 230 g/mol. The molecule has 0 saturated heterocycles. The molecule has 0 aliphatic heterocycles. The van der Waals surface area contributed by atoms with E-state index >= 15 is 0 Å². The topological polar surface area (TPSA) is 63.2 Å². The van der Waals surface area contributed by atoms with Crippen molar-refractivity contribution in [2.24, 2.45) is 0 Å². The maximum Gasteiger partial charge on any atom is 0.251 e. The van der Waals surface area contributed by atoms with Gasteiger partial charge in [-0.3, -0.25) is 4.79 Å². The number of hydrogen-bond acceptors (Lipinski definition) is 4. The average Bonchev–Trinajstić information content (AvgIpc) is 2.39. The number of ether oxygens (including phenoxy) is 1. The first-order valence-corrected chi connectivity index (χ1v) is 6.14. The van der Waals surface area contributed by atoms with Crippen LogP contribution in [0.1, 0.15) is 30.1 Å². The molecular formula is C13H21N3O2. The van der Waals surface area contributed by atoms with Gasteiger partial charge in [0.1, 0.15) is 5.82 Å². The quantitative estimate of drug-likeness (QED) is 0.773. The lowest BCUT2D eigenvalue weighted by Crippen LogP contribution is -2.37. The second kappa shape index (κ2) is 7.66. The van der Waals surface area contributed by atoms with Crippen molar-refractivity contribution >= 4 is 11.7 Å². The molecule has 1 rings (SSSR count). The number of amides is 1. The third-order valence-corrected chi connectivity index (χ3v) is 2.62. The molecule has 1 amide bonds. The van der Waals surface area contributed by atoms with Gasteiger partial charge in [-0.2, -0.15) is 0 Å². The van der Waals surface area contributed by atoms with Gasteiger partial charge in [-0.05, 0) is 18.6 Å². The number of hydrogen-bond donors (Lipinski definition) is 2. The Morgan fingerprint density at radius 3 is 2.94 bits per heavy atom. The van der Waals surface area contributed by atoms with Crippen LogP contribution in [0.3, 0.4) is 0 Å². The van der Waals surface area contributed by atoms with E-state index in [1.165, 1.54) is 0 Å². The zero-order valence-electron chi connectivity index (χ0n) is 11.2. The summed E-state index contributed by atoms with van der Waals surface area (Å²) in [6.07, 6.45) is 3.53. The molecule has 0 aromatic carbocycles. The fourth-order valence-electron chi connectivity index (χ4n) is 1.72. The van der Waals surface area contributed by atoms with Crippen molar-refractivity contribution in [2.45, 2.75) is 25.8 Å². The van der Waals surface area contributed by atoms with Crippen LogP contribution in [0.5, 0.6) is 0 Å². The SMILES string of the molecule is CCCC(COC)NC(=O)c1ccnc(NC)c1. The summed E-state index contributed by atoms with van der Waals surface area (Å²) in [5.41, 5.74) is 0.603. The highest BCUT2D eigenvalue weighted by molar-refractivity contribution is 5.94. The summed E-state index contributed by atoms with van der Waals surface area (Å²) >= 11 is 0. The number of carbonyl (C=O) groups excluding carboxylic acids is 1. The minimum atomic E-state index is -0.0931. The van der Waals surface area contributed by atoms with E-state index in [-0.39, 0.29) is 11.9 Å². The van der Waals surface area contributed by atoms with Crippen LogP contribution in [0.15, 0.2) is 18.3 Å². The largest absolute Gasteiger partial charge is 0.383 e. The van der Waals surface area contributed by atoms with E-state index in [4.69, 9.17) is 4.74 Å². The zero-order valence-corrected chi connectivity index (χ0v) is 11.2. The highest BCUT2D eigenvalue weighted by atomic mass is 16.5. The summed E-state index contributed by atoms with van der Waals surface area (Å²) in [5, 5.41) is 5.88. The lowest BCUT2D eigenvalue weighted by atomic mass is 10.1. The molecule has 5 heteroatoms. The highest BCUT2D eigenvalue weighted by Gasteiger charge is 2.13. The molecule has 18 heavy (non-hydrogen) atoms. The molecule has 100 valence electrons. The second-order valence-corrected chi connectivity index (χ2v) is 4.09. The first-order chi connectivity index (χ1) is 8.71. The molecule has 0 saturated carbocycles. The maximum atomic E-state index is 12.1. The van der Waals surface area contributed by atoms with Gasteiger partial charge in [0.25, 0.3) is 5.91 Å². The molecule has 0 radical (unpaired) electrons. The van der Waals surface area contributed by atoms with Gasteiger partial charge in [-0.25, -0.2) is 4.98 Å². The molecule has 0 spiro atoms. The van der Waals surface area contributed by atoms with Crippen molar-refractivity contribution in [1.29, 1.82) is 0 Å².